The van der Waals surface area contributed by atoms with Crippen molar-refractivity contribution in [2.24, 2.45) is 16.2 Å². The normalized spacial score (nSPS) is 12.6. The van der Waals surface area contributed by atoms with Crippen LogP contribution in [0.15, 0.2) is 0 Å². The summed E-state index contributed by atoms with van der Waals surface area (Å²) in [5.74, 6) is -2.76. The van der Waals surface area contributed by atoms with Crippen LogP contribution in [-0.4, -0.2) is 17.9 Å². The van der Waals surface area contributed by atoms with Crippen molar-refractivity contribution in [3.8, 4) is 0 Å². The third-order valence-electron chi connectivity index (χ3n) is 7.02. The van der Waals surface area contributed by atoms with E-state index in [0.29, 0.717) is 6.42 Å². The van der Waals surface area contributed by atoms with Crippen LogP contribution in [0, 0.1) is 58.0 Å². The van der Waals surface area contributed by atoms with Crippen LogP contribution in [0.1, 0.15) is 159 Å². The quantitative estimate of drug-likeness (QED) is 0.188. The molecule has 0 bridgehead atoms. The summed E-state index contributed by atoms with van der Waals surface area (Å²) >= 11 is 0. The summed E-state index contributed by atoms with van der Waals surface area (Å²) in [4.78, 5) is 31.9. The van der Waals surface area contributed by atoms with E-state index in [1.165, 1.54) is 25.7 Å². The number of carbonyl (C=O) groups excluding carboxylic acids is 3. The molecular formula is C30H57CeO6. The Bertz CT molecular complexity index is 555. The van der Waals surface area contributed by atoms with Gasteiger partial charge >= 0.3 is 41.7 Å². The van der Waals surface area contributed by atoms with Gasteiger partial charge in [0.05, 0.1) is 0 Å². The first-order valence-electron chi connectivity index (χ1n) is 14.2. The van der Waals surface area contributed by atoms with Crippen LogP contribution >= 0.6 is 0 Å². The molecule has 1 radical (unpaired) electrons. The first-order chi connectivity index (χ1) is 16.6. The minimum Gasteiger partial charge on any atom is -0.550 e. The maximum atomic E-state index is 10.7. The summed E-state index contributed by atoms with van der Waals surface area (Å²) in [6, 6.07) is 0. The van der Waals surface area contributed by atoms with Gasteiger partial charge in [-0.1, -0.05) is 133 Å². The number of rotatable bonds is 18. The Morgan fingerprint density at radius 1 is 0.486 bits per heavy atom. The summed E-state index contributed by atoms with van der Waals surface area (Å²) in [7, 11) is 0. The van der Waals surface area contributed by atoms with Crippen molar-refractivity contribution >= 4 is 17.9 Å². The zero-order valence-corrected chi connectivity index (χ0v) is 28.7. The average molecular weight is 654 g/mol. The van der Waals surface area contributed by atoms with Gasteiger partial charge in [0.2, 0.25) is 0 Å². The Morgan fingerprint density at radius 2 is 0.784 bits per heavy atom. The smallest absolute Gasteiger partial charge is 0.550 e. The van der Waals surface area contributed by atoms with Crippen LogP contribution in [0.4, 0.5) is 0 Å². The Labute approximate surface area is 262 Å². The fraction of sp³-hybridized carbons (Fsp3) is 0.900. The van der Waals surface area contributed by atoms with Crippen molar-refractivity contribution in [3.63, 3.8) is 0 Å². The number of hydrogen-bond donors (Lipinski definition) is 0. The van der Waals surface area contributed by atoms with Crippen molar-refractivity contribution in [3.05, 3.63) is 0 Å². The minimum atomic E-state index is -0.931. The number of hydrogen-bond acceptors (Lipinski definition) is 6. The molecule has 0 aromatic carbocycles. The second-order valence-corrected chi connectivity index (χ2v) is 11.6. The van der Waals surface area contributed by atoms with Crippen LogP contribution in [0.5, 0.6) is 0 Å². The molecule has 1 atom stereocenters. The van der Waals surface area contributed by atoms with E-state index < -0.39 is 34.2 Å². The monoisotopic (exact) mass is 653 g/mol. The molecule has 0 spiro atoms. The molecule has 0 aliphatic rings. The van der Waals surface area contributed by atoms with Gasteiger partial charge in [0.25, 0.3) is 0 Å². The molecule has 7 heteroatoms. The predicted molar refractivity (Wildman–Crippen MR) is 143 cm³/mol. The van der Waals surface area contributed by atoms with Crippen LogP contribution < -0.4 is 15.3 Å². The molecule has 0 aliphatic heterocycles. The number of unbranched alkanes of at least 4 members (excludes halogenated alkanes) is 8. The molecule has 0 heterocycles. The number of aliphatic carboxylic acids is 3. The van der Waals surface area contributed by atoms with Crippen molar-refractivity contribution in [1.82, 2.24) is 0 Å². The van der Waals surface area contributed by atoms with Crippen molar-refractivity contribution in [2.75, 3.05) is 0 Å². The standard InChI is InChI=1S/3C10H20O2.Ce/c2*1-4-5-6-7-8-10(2,3)9(11)12;1-4-6-7-8-10(3,5-2)9(11)12;/h3*4-8H2,1-3H3,(H,11,12);/q;;;+3/p-3. The van der Waals surface area contributed by atoms with Gasteiger partial charge in [-0.15, -0.1) is 0 Å². The van der Waals surface area contributed by atoms with Gasteiger partial charge in [0.1, 0.15) is 0 Å². The summed E-state index contributed by atoms with van der Waals surface area (Å²) in [5.41, 5.74) is -1.89. The molecule has 0 N–H and O–H groups in total. The fourth-order valence-corrected chi connectivity index (χ4v) is 3.38. The van der Waals surface area contributed by atoms with E-state index in [1.807, 2.05) is 6.92 Å². The average Bonchev–Trinajstić information content (AvgIpc) is 2.80. The number of carboxylic acids is 3. The molecule has 0 rings (SSSR count). The maximum Gasteiger partial charge on any atom is 3.00 e. The Morgan fingerprint density at radius 3 is 1.03 bits per heavy atom. The van der Waals surface area contributed by atoms with Gasteiger partial charge in [-0.05, 0) is 25.7 Å². The molecule has 0 amide bonds. The van der Waals surface area contributed by atoms with E-state index in [1.54, 1.807) is 34.6 Å². The molecule has 37 heavy (non-hydrogen) atoms. The van der Waals surface area contributed by atoms with Crippen LogP contribution in [0.3, 0.4) is 0 Å². The zero-order chi connectivity index (χ0) is 28.8. The molecule has 0 aromatic rings. The van der Waals surface area contributed by atoms with E-state index in [9.17, 15) is 29.7 Å². The Kier molecular flexibility index (Phi) is 29.4. The topological polar surface area (TPSA) is 120 Å². The van der Waals surface area contributed by atoms with Crippen LogP contribution in [0.2, 0.25) is 0 Å². The second kappa shape index (κ2) is 24.8. The zero-order valence-electron chi connectivity index (χ0n) is 25.6. The molecule has 0 saturated carbocycles. The van der Waals surface area contributed by atoms with Crippen molar-refractivity contribution < 1.29 is 71.5 Å². The molecule has 6 nitrogen and oxygen atoms in total. The Balaban J connectivity index is -0.000000218. The van der Waals surface area contributed by atoms with Gasteiger partial charge in [-0.2, -0.15) is 0 Å². The molecule has 0 aliphatic carbocycles. The first kappa shape index (κ1) is 43.8. The van der Waals surface area contributed by atoms with Crippen LogP contribution in [0.25, 0.3) is 0 Å². The summed E-state index contributed by atoms with van der Waals surface area (Å²) in [6.07, 6.45) is 15.1. The van der Waals surface area contributed by atoms with Gasteiger partial charge in [-0.25, -0.2) is 0 Å². The van der Waals surface area contributed by atoms with Crippen molar-refractivity contribution in [2.45, 2.75) is 159 Å². The second-order valence-electron chi connectivity index (χ2n) is 11.6. The first-order valence-corrected chi connectivity index (χ1v) is 14.2. The van der Waals surface area contributed by atoms with Crippen molar-refractivity contribution in [1.29, 1.82) is 0 Å². The third kappa shape index (κ3) is 24.6. The third-order valence-corrected chi connectivity index (χ3v) is 7.02. The molecule has 0 aromatic heterocycles. The van der Waals surface area contributed by atoms with E-state index in [2.05, 4.69) is 20.8 Å². The van der Waals surface area contributed by atoms with E-state index >= 15 is 0 Å². The van der Waals surface area contributed by atoms with Crippen LogP contribution in [-0.2, 0) is 14.4 Å². The molecule has 0 saturated heterocycles. The largest absolute Gasteiger partial charge is 3.00 e. The maximum absolute atomic E-state index is 10.7. The summed E-state index contributed by atoms with van der Waals surface area (Å²) in [6.45, 7) is 17.0. The summed E-state index contributed by atoms with van der Waals surface area (Å²) in [5, 5.41) is 31.9. The van der Waals surface area contributed by atoms with E-state index in [0.717, 1.165) is 64.2 Å². The predicted octanol–water partition coefficient (Wildman–Crippen LogP) is 5.20. The van der Waals surface area contributed by atoms with Gasteiger partial charge in [0.15, 0.2) is 0 Å². The molecular weight excluding hydrogens is 596 g/mol. The van der Waals surface area contributed by atoms with Gasteiger partial charge in [-0.3, -0.25) is 0 Å². The van der Waals surface area contributed by atoms with E-state index in [-0.39, 0.29) is 41.7 Å². The summed E-state index contributed by atoms with van der Waals surface area (Å²) < 4.78 is 0. The van der Waals surface area contributed by atoms with Gasteiger partial charge in [0, 0.05) is 34.2 Å². The van der Waals surface area contributed by atoms with E-state index in [4.69, 9.17) is 0 Å². The molecule has 0 fully saturated rings. The minimum absolute atomic E-state index is 0. The number of carboxylic acid groups (broad SMARTS) is 3. The molecule has 217 valence electrons. The number of carbonyl (C=O) groups is 3. The Hall–Kier alpha value is -0.213. The fourth-order valence-electron chi connectivity index (χ4n) is 3.38. The van der Waals surface area contributed by atoms with Gasteiger partial charge < -0.3 is 29.7 Å². The SMILES string of the molecule is CCCCCC(C)(CC)C(=O)[O-].CCCCCCC(C)(C)C(=O)[O-].CCCCCCC(C)(C)C(=O)[O-].[Ce+3]. The molecule has 1 unspecified atom stereocenters.